The molecule has 10 heteroatoms. The molecule has 0 bridgehead atoms. The molecule has 4 aromatic rings. The first kappa shape index (κ1) is 21.8. The molecule has 1 fully saturated rings. The number of nitrogens with one attached hydrogen (secondary N) is 1. The number of pyridine rings is 1. The summed E-state index contributed by atoms with van der Waals surface area (Å²) in [6.07, 6.45) is 0. The van der Waals surface area contributed by atoms with Crippen LogP contribution in [0.3, 0.4) is 0 Å². The normalized spacial score (nSPS) is 17.2. The summed E-state index contributed by atoms with van der Waals surface area (Å²) in [5.41, 5.74) is 2.26. The minimum atomic E-state index is -0.383. The Morgan fingerprint density at radius 3 is 2.57 bits per heavy atom. The van der Waals surface area contributed by atoms with Gasteiger partial charge in [-0.3, -0.25) is 9.69 Å². The molecule has 2 aromatic carbocycles. The molecule has 0 spiro atoms. The predicted molar refractivity (Wildman–Crippen MR) is 130 cm³/mol. The van der Waals surface area contributed by atoms with Crippen molar-refractivity contribution in [3.05, 3.63) is 75.8 Å². The average Bonchev–Trinajstić information content (AvgIpc) is 3.53. The quantitative estimate of drug-likeness (QED) is 0.454. The van der Waals surface area contributed by atoms with E-state index in [1.165, 1.54) is 0 Å². The highest BCUT2D eigenvalue weighted by Crippen LogP contribution is 2.36. The number of fused-ring (bicyclic) bond motifs is 2. The predicted octanol–water partition coefficient (Wildman–Crippen LogP) is 2.02. The van der Waals surface area contributed by atoms with E-state index >= 15 is 0 Å². The smallest absolute Gasteiger partial charge is 0.253 e. The van der Waals surface area contributed by atoms with Gasteiger partial charge in [-0.25, -0.2) is 4.68 Å². The molecule has 2 aliphatic heterocycles. The van der Waals surface area contributed by atoms with Crippen LogP contribution in [0.4, 0.5) is 0 Å². The third-order valence-corrected chi connectivity index (χ3v) is 6.86. The molecule has 4 heterocycles. The first-order valence-corrected chi connectivity index (χ1v) is 11.9. The number of rotatable bonds is 6. The van der Waals surface area contributed by atoms with Gasteiger partial charge in [0.05, 0.1) is 12.1 Å². The summed E-state index contributed by atoms with van der Waals surface area (Å²) in [5, 5.41) is 13.6. The van der Waals surface area contributed by atoms with Crippen molar-refractivity contribution in [1.82, 2.24) is 35.0 Å². The van der Waals surface area contributed by atoms with Crippen molar-refractivity contribution in [2.24, 2.45) is 0 Å². The maximum absolute atomic E-state index is 13.5. The fourth-order valence-corrected chi connectivity index (χ4v) is 4.93. The number of benzene rings is 2. The number of nitrogens with zero attached hydrogens (tertiary/aromatic N) is 6. The van der Waals surface area contributed by atoms with E-state index < -0.39 is 0 Å². The first-order chi connectivity index (χ1) is 17.2. The van der Waals surface area contributed by atoms with Crippen LogP contribution in [0.2, 0.25) is 0 Å². The van der Waals surface area contributed by atoms with E-state index in [1.807, 2.05) is 48.5 Å². The SMILES string of the molecule is CCN1CCN(C(c2cc3cc4c(cc3[nH]c2=O)OCO4)c2nnnn2Cc2ccccc2)CC1. The van der Waals surface area contributed by atoms with E-state index in [0.29, 0.717) is 34.9 Å². The van der Waals surface area contributed by atoms with Crippen LogP contribution >= 0.6 is 0 Å². The van der Waals surface area contributed by atoms with E-state index in [-0.39, 0.29) is 18.4 Å². The van der Waals surface area contributed by atoms with Crippen molar-refractivity contribution in [3.63, 3.8) is 0 Å². The molecule has 180 valence electrons. The molecule has 1 saturated heterocycles. The maximum Gasteiger partial charge on any atom is 0.253 e. The fourth-order valence-electron chi connectivity index (χ4n) is 4.93. The Balaban J connectivity index is 1.44. The summed E-state index contributed by atoms with van der Waals surface area (Å²) in [5.74, 6) is 1.97. The number of tetrazole rings is 1. The summed E-state index contributed by atoms with van der Waals surface area (Å²) < 4.78 is 12.9. The van der Waals surface area contributed by atoms with Gasteiger partial charge < -0.3 is 19.4 Å². The van der Waals surface area contributed by atoms with Gasteiger partial charge in [0.15, 0.2) is 17.3 Å². The first-order valence-electron chi connectivity index (χ1n) is 11.9. The Hall–Kier alpha value is -3.76. The van der Waals surface area contributed by atoms with Crippen molar-refractivity contribution in [2.75, 3.05) is 39.5 Å². The Morgan fingerprint density at radius 1 is 1.03 bits per heavy atom. The molecule has 1 N–H and O–H groups in total. The molecular weight excluding hydrogens is 446 g/mol. The summed E-state index contributed by atoms with van der Waals surface area (Å²) in [6.45, 7) is 7.37. The lowest BCUT2D eigenvalue weighted by Gasteiger charge is -2.38. The number of ether oxygens (including phenoxy) is 2. The van der Waals surface area contributed by atoms with Crippen LogP contribution < -0.4 is 15.0 Å². The van der Waals surface area contributed by atoms with Gasteiger partial charge in [0.25, 0.3) is 5.56 Å². The maximum atomic E-state index is 13.5. The lowest BCUT2D eigenvalue weighted by Crippen LogP contribution is -2.49. The van der Waals surface area contributed by atoms with Gasteiger partial charge in [-0.2, -0.15) is 0 Å². The Labute approximate surface area is 202 Å². The average molecular weight is 474 g/mol. The zero-order valence-electron chi connectivity index (χ0n) is 19.6. The lowest BCUT2D eigenvalue weighted by molar-refractivity contribution is 0.108. The minimum Gasteiger partial charge on any atom is -0.454 e. The molecular formula is C25H27N7O3. The third kappa shape index (κ3) is 4.15. The van der Waals surface area contributed by atoms with Crippen LogP contribution in [0, 0.1) is 0 Å². The molecule has 6 rings (SSSR count). The standard InChI is InChI=1S/C25H27N7O3/c1-2-30-8-10-31(11-9-30)23(24-27-28-29-32(24)15-17-6-4-3-5-7-17)19-12-18-13-21-22(35-16-34-21)14-20(18)26-25(19)33/h3-7,12-14,23H,2,8-11,15-16H2,1H3,(H,26,33). The molecule has 0 saturated carbocycles. The van der Waals surface area contributed by atoms with E-state index in [9.17, 15) is 4.79 Å². The second kappa shape index (κ2) is 9.12. The van der Waals surface area contributed by atoms with Gasteiger partial charge in [-0.05, 0) is 34.7 Å². The number of H-pyrrole nitrogens is 1. The van der Waals surface area contributed by atoms with Crippen LogP contribution in [0.25, 0.3) is 10.9 Å². The van der Waals surface area contributed by atoms with Gasteiger partial charge in [0, 0.05) is 43.2 Å². The summed E-state index contributed by atoms with van der Waals surface area (Å²) in [4.78, 5) is 21.2. The van der Waals surface area contributed by atoms with Crippen LogP contribution in [-0.2, 0) is 6.54 Å². The van der Waals surface area contributed by atoms with Gasteiger partial charge in [-0.15, -0.1) is 5.10 Å². The lowest BCUT2D eigenvalue weighted by atomic mass is 10.0. The van der Waals surface area contributed by atoms with Gasteiger partial charge in [0.2, 0.25) is 6.79 Å². The zero-order valence-corrected chi connectivity index (χ0v) is 19.6. The van der Waals surface area contributed by atoms with Crippen molar-refractivity contribution >= 4 is 10.9 Å². The minimum absolute atomic E-state index is 0.159. The third-order valence-electron chi connectivity index (χ3n) is 6.86. The van der Waals surface area contributed by atoms with Gasteiger partial charge in [0.1, 0.15) is 6.04 Å². The molecule has 0 amide bonds. The fraction of sp³-hybridized carbons (Fsp3) is 0.360. The largest absolute Gasteiger partial charge is 0.454 e. The van der Waals surface area contributed by atoms with Gasteiger partial charge in [-0.1, -0.05) is 37.3 Å². The molecule has 35 heavy (non-hydrogen) atoms. The van der Waals surface area contributed by atoms with E-state index in [2.05, 4.69) is 37.2 Å². The second-order valence-electron chi connectivity index (χ2n) is 8.90. The van der Waals surface area contributed by atoms with Crippen LogP contribution in [-0.4, -0.2) is 74.5 Å². The number of aromatic nitrogens is 5. The molecule has 1 unspecified atom stereocenters. The van der Waals surface area contributed by atoms with Gasteiger partial charge >= 0.3 is 0 Å². The topological polar surface area (TPSA) is 101 Å². The molecule has 1 atom stereocenters. The number of likely N-dealkylation sites (N-methyl/N-ethyl adjacent to an activating group) is 1. The molecule has 0 aliphatic carbocycles. The van der Waals surface area contributed by atoms with Crippen molar-refractivity contribution < 1.29 is 9.47 Å². The summed E-state index contributed by atoms with van der Waals surface area (Å²) >= 11 is 0. The molecule has 2 aromatic heterocycles. The van der Waals surface area contributed by atoms with E-state index in [1.54, 1.807) is 4.68 Å². The Morgan fingerprint density at radius 2 is 1.80 bits per heavy atom. The van der Waals surface area contributed by atoms with E-state index in [4.69, 9.17) is 9.47 Å². The van der Waals surface area contributed by atoms with Crippen molar-refractivity contribution in [2.45, 2.75) is 19.5 Å². The highest BCUT2D eigenvalue weighted by molar-refractivity contribution is 5.83. The number of hydrogen-bond donors (Lipinski definition) is 1. The van der Waals surface area contributed by atoms with Crippen molar-refractivity contribution in [3.8, 4) is 11.5 Å². The molecule has 0 radical (unpaired) electrons. The summed E-state index contributed by atoms with van der Waals surface area (Å²) in [6, 6.07) is 15.4. The Kier molecular flexibility index (Phi) is 5.67. The molecule has 10 nitrogen and oxygen atoms in total. The highest BCUT2D eigenvalue weighted by Gasteiger charge is 2.32. The Bertz CT molecular complexity index is 1390. The van der Waals surface area contributed by atoms with Crippen LogP contribution in [0.1, 0.15) is 29.9 Å². The highest BCUT2D eigenvalue weighted by atomic mass is 16.7. The monoisotopic (exact) mass is 473 g/mol. The van der Waals surface area contributed by atoms with Crippen LogP contribution in [0.15, 0.2) is 53.3 Å². The number of piperazine rings is 1. The summed E-state index contributed by atoms with van der Waals surface area (Å²) in [7, 11) is 0. The number of hydrogen-bond acceptors (Lipinski definition) is 8. The number of aromatic amines is 1. The molecule has 2 aliphatic rings. The van der Waals surface area contributed by atoms with Crippen molar-refractivity contribution in [1.29, 1.82) is 0 Å². The second-order valence-corrected chi connectivity index (χ2v) is 8.90. The van der Waals surface area contributed by atoms with Crippen LogP contribution in [0.5, 0.6) is 11.5 Å². The van der Waals surface area contributed by atoms with E-state index in [0.717, 1.165) is 43.7 Å². The zero-order chi connectivity index (χ0) is 23.8.